The normalized spacial score (nSPS) is 11.8. The molecular formula is C22H25N5O4S. The molecule has 0 spiro atoms. The van der Waals surface area contributed by atoms with Gasteiger partial charge in [0.25, 0.3) is 5.69 Å². The van der Waals surface area contributed by atoms with Crippen LogP contribution in [0.3, 0.4) is 0 Å². The van der Waals surface area contributed by atoms with Crippen LogP contribution in [0, 0.1) is 24.0 Å². The van der Waals surface area contributed by atoms with Crippen molar-refractivity contribution in [1.82, 2.24) is 14.8 Å². The van der Waals surface area contributed by atoms with E-state index < -0.39 is 4.92 Å². The van der Waals surface area contributed by atoms with E-state index in [1.54, 1.807) is 0 Å². The third kappa shape index (κ3) is 5.44. The Kier molecular flexibility index (Phi) is 7.47. The Morgan fingerprint density at radius 1 is 1.22 bits per heavy atom. The maximum atomic E-state index is 12.3. The Labute approximate surface area is 190 Å². The second-order valence-corrected chi connectivity index (χ2v) is 8.13. The predicted octanol–water partition coefficient (Wildman–Crippen LogP) is 4.69. The molecule has 1 aromatic heterocycles. The molecule has 0 bridgehead atoms. The summed E-state index contributed by atoms with van der Waals surface area (Å²) in [5, 5.41) is 22.6. The van der Waals surface area contributed by atoms with Gasteiger partial charge in [-0.3, -0.25) is 14.9 Å². The summed E-state index contributed by atoms with van der Waals surface area (Å²) in [6.07, 6.45) is -0.314. The van der Waals surface area contributed by atoms with E-state index >= 15 is 0 Å². The summed E-state index contributed by atoms with van der Waals surface area (Å²) in [5.74, 6) is 1.38. The number of nitrogens with one attached hydrogen (secondary N) is 1. The lowest BCUT2D eigenvalue weighted by Gasteiger charge is -2.17. The van der Waals surface area contributed by atoms with E-state index in [4.69, 9.17) is 4.74 Å². The number of carbonyl (C=O) groups is 1. The summed E-state index contributed by atoms with van der Waals surface area (Å²) >= 11 is 1.27. The van der Waals surface area contributed by atoms with E-state index in [2.05, 4.69) is 15.5 Å². The standard InChI is InChI=1S/C22H25N5O4S/c1-5-26-21(16(4)31-19-8-6-7-14(2)15(19)3)24-25-22(26)32-13-20(28)23-17-9-11-18(12-10-17)27(29)30/h6-12,16H,5,13H2,1-4H3,(H,23,28). The average Bonchev–Trinajstić information content (AvgIpc) is 3.19. The Morgan fingerprint density at radius 2 is 1.94 bits per heavy atom. The number of amides is 1. The van der Waals surface area contributed by atoms with Gasteiger partial charge in [0.05, 0.1) is 10.7 Å². The van der Waals surface area contributed by atoms with E-state index in [1.807, 2.05) is 50.5 Å². The molecule has 0 saturated carbocycles. The fraction of sp³-hybridized carbons (Fsp3) is 0.318. The first-order valence-electron chi connectivity index (χ1n) is 10.1. The summed E-state index contributed by atoms with van der Waals surface area (Å²) in [5.41, 5.74) is 2.70. The lowest BCUT2D eigenvalue weighted by molar-refractivity contribution is -0.384. The minimum Gasteiger partial charge on any atom is -0.482 e. The minimum atomic E-state index is -0.485. The minimum absolute atomic E-state index is 0.0295. The van der Waals surface area contributed by atoms with Gasteiger partial charge in [-0.25, -0.2) is 0 Å². The van der Waals surface area contributed by atoms with Gasteiger partial charge in [0, 0.05) is 24.4 Å². The molecule has 0 aliphatic heterocycles. The number of non-ortho nitro benzene ring substituents is 1. The van der Waals surface area contributed by atoms with Crippen LogP contribution < -0.4 is 10.1 Å². The molecule has 10 heteroatoms. The van der Waals surface area contributed by atoms with Crippen LogP contribution in [0.15, 0.2) is 47.6 Å². The molecule has 0 radical (unpaired) electrons. The Bertz CT molecular complexity index is 1110. The Balaban J connectivity index is 1.63. The van der Waals surface area contributed by atoms with Crippen LogP contribution in [-0.4, -0.2) is 31.3 Å². The zero-order valence-electron chi connectivity index (χ0n) is 18.4. The summed E-state index contributed by atoms with van der Waals surface area (Å²) in [4.78, 5) is 22.6. The molecule has 168 valence electrons. The van der Waals surface area contributed by atoms with E-state index in [-0.39, 0.29) is 23.5 Å². The van der Waals surface area contributed by atoms with Crippen molar-refractivity contribution in [2.45, 2.75) is 45.5 Å². The van der Waals surface area contributed by atoms with Crippen molar-refractivity contribution in [2.24, 2.45) is 0 Å². The number of aryl methyl sites for hydroxylation is 1. The van der Waals surface area contributed by atoms with Gasteiger partial charge in [-0.1, -0.05) is 23.9 Å². The van der Waals surface area contributed by atoms with Gasteiger partial charge in [-0.05, 0) is 57.0 Å². The van der Waals surface area contributed by atoms with Crippen LogP contribution in [0.2, 0.25) is 0 Å². The quantitative estimate of drug-likeness (QED) is 0.283. The first kappa shape index (κ1) is 23.3. The number of nitro groups is 1. The number of nitro benzene ring substituents is 1. The fourth-order valence-electron chi connectivity index (χ4n) is 3.09. The van der Waals surface area contributed by atoms with Gasteiger partial charge >= 0.3 is 0 Å². The summed E-state index contributed by atoms with van der Waals surface area (Å²) < 4.78 is 8.07. The number of aromatic nitrogens is 3. The average molecular weight is 456 g/mol. The molecule has 2 aromatic carbocycles. The highest BCUT2D eigenvalue weighted by molar-refractivity contribution is 7.99. The number of thioether (sulfide) groups is 1. The number of anilines is 1. The summed E-state index contributed by atoms with van der Waals surface area (Å²) in [7, 11) is 0. The second kappa shape index (κ2) is 10.3. The maximum absolute atomic E-state index is 12.3. The van der Waals surface area contributed by atoms with Crippen molar-refractivity contribution in [1.29, 1.82) is 0 Å². The number of ether oxygens (including phenoxy) is 1. The third-order valence-electron chi connectivity index (χ3n) is 4.98. The molecule has 3 aromatic rings. The second-order valence-electron chi connectivity index (χ2n) is 7.18. The molecule has 0 saturated heterocycles. The van der Waals surface area contributed by atoms with Gasteiger partial charge < -0.3 is 14.6 Å². The van der Waals surface area contributed by atoms with Crippen LogP contribution in [0.25, 0.3) is 0 Å². The highest BCUT2D eigenvalue weighted by atomic mass is 32.2. The lowest BCUT2D eigenvalue weighted by atomic mass is 10.1. The van der Waals surface area contributed by atoms with E-state index in [0.717, 1.165) is 16.9 Å². The number of benzene rings is 2. The Morgan fingerprint density at radius 3 is 2.59 bits per heavy atom. The van der Waals surface area contributed by atoms with E-state index in [0.29, 0.717) is 23.2 Å². The molecule has 1 atom stereocenters. The molecule has 0 fully saturated rings. The molecule has 0 aliphatic carbocycles. The number of nitrogens with zero attached hydrogens (tertiary/aromatic N) is 4. The first-order chi connectivity index (χ1) is 15.3. The zero-order valence-corrected chi connectivity index (χ0v) is 19.2. The molecule has 9 nitrogen and oxygen atoms in total. The van der Waals surface area contributed by atoms with E-state index in [9.17, 15) is 14.9 Å². The van der Waals surface area contributed by atoms with Crippen LogP contribution in [0.1, 0.15) is 36.9 Å². The van der Waals surface area contributed by atoms with Gasteiger partial charge in [-0.2, -0.15) is 0 Å². The monoisotopic (exact) mass is 455 g/mol. The largest absolute Gasteiger partial charge is 0.482 e. The molecule has 1 unspecified atom stereocenters. The van der Waals surface area contributed by atoms with Crippen molar-refractivity contribution < 1.29 is 14.5 Å². The van der Waals surface area contributed by atoms with Crippen LogP contribution >= 0.6 is 11.8 Å². The molecule has 32 heavy (non-hydrogen) atoms. The predicted molar refractivity (Wildman–Crippen MR) is 123 cm³/mol. The van der Waals surface area contributed by atoms with Crippen molar-refractivity contribution in [2.75, 3.05) is 11.1 Å². The van der Waals surface area contributed by atoms with Crippen molar-refractivity contribution >= 4 is 29.0 Å². The van der Waals surface area contributed by atoms with E-state index in [1.165, 1.54) is 36.0 Å². The van der Waals surface area contributed by atoms with Gasteiger partial charge in [-0.15, -0.1) is 10.2 Å². The SMILES string of the molecule is CCn1c(SCC(=O)Nc2ccc([N+](=O)[O-])cc2)nnc1C(C)Oc1cccc(C)c1C. The van der Waals surface area contributed by atoms with Crippen LogP contribution in [0.4, 0.5) is 11.4 Å². The first-order valence-corrected chi connectivity index (χ1v) is 11.1. The van der Waals surface area contributed by atoms with Crippen molar-refractivity contribution in [3.63, 3.8) is 0 Å². The van der Waals surface area contributed by atoms with Crippen LogP contribution in [-0.2, 0) is 11.3 Å². The van der Waals surface area contributed by atoms with Crippen molar-refractivity contribution in [3.8, 4) is 5.75 Å². The molecule has 0 aliphatic rings. The number of rotatable bonds is 9. The zero-order chi connectivity index (χ0) is 23.3. The lowest BCUT2D eigenvalue weighted by Crippen LogP contribution is -2.15. The number of hydrogen-bond acceptors (Lipinski definition) is 7. The number of carbonyl (C=O) groups excluding carboxylic acids is 1. The molecule has 1 heterocycles. The van der Waals surface area contributed by atoms with Gasteiger partial charge in [0.2, 0.25) is 5.91 Å². The molecule has 1 N–H and O–H groups in total. The van der Waals surface area contributed by atoms with Crippen LogP contribution in [0.5, 0.6) is 5.75 Å². The topological polar surface area (TPSA) is 112 Å². The highest BCUT2D eigenvalue weighted by Crippen LogP contribution is 2.28. The Hall–Kier alpha value is -3.40. The van der Waals surface area contributed by atoms with Gasteiger partial charge in [0.1, 0.15) is 5.75 Å². The smallest absolute Gasteiger partial charge is 0.269 e. The molecule has 1 amide bonds. The van der Waals surface area contributed by atoms with Crippen molar-refractivity contribution in [3.05, 3.63) is 69.5 Å². The fourth-order valence-corrected chi connectivity index (χ4v) is 3.90. The molecular weight excluding hydrogens is 430 g/mol. The summed E-state index contributed by atoms with van der Waals surface area (Å²) in [6, 6.07) is 11.6. The van der Waals surface area contributed by atoms with Gasteiger partial charge in [0.15, 0.2) is 17.1 Å². The maximum Gasteiger partial charge on any atom is 0.269 e. The molecule has 3 rings (SSSR count). The third-order valence-corrected chi connectivity index (χ3v) is 5.94. The number of hydrogen-bond donors (Lipinski definition) is 1. The summed E-state index contributed by atoms with van der Waals surface area (Å²) in [6.45, 7) is 8.60. The highest BCUT2D eigenvalue weighted by Gasteiger charge is 2.20.